The number of rotatable bonds is 7. The lowest BCUT2D eigenvalue weighted by molar-refractivity contribution is -0.138. The molecule has 0 aliphatic heterocycles. The fourth-order valence-electron chi connectivity index (χ4n) is 0.772. The molecule has 0 heterocycles. The van der Waals surface area contributed by atoms with E-state index < -0.39 is 12.0 Å². The summed E-state index contributed by atoms with van der Waals surface area (Å²) in [6, 6.07) is -0.833. The predicted octanol–water partition coefficient (Wildman–Crippen LogP) is 0.672. The Morgan fingerprint density at radius 3 is 2.80 bits per heavy atom. The monoisotopic (exact) mass is 213 g/mol. The Labute approximate surface area is 90.3 Å². The molecule has 1 atom stereocenters. The summed E-state index contributed by atoms with van der Waals surface area (Å²) in [4.78, 5) is 16.4. The zero-order valence-corrected chi connectivity index (χ0v) is 9.31. The average molecular weight is 213 g/mol. The van der Waals surface area contributed by atoms with Crippen LogP contribution < -0.4 is 5.73 Å². The number of carboxylic acids is 1. The molecule has 3 N–H and O–H groups in total. The lowest BCUT2D eigenvalue weighted by Crippen LogP contribution is -2.29. The number of carboxylic acid groups (broad SMARTS) is 1. The Kier molecular flexibility index (Phi) is 6.37. The molecule has 0 radical (unpaired) electrons. The van der Waals surface area contributed by atoms with Crippen molar-refractivity contribution in [3.8, 4) is 0 Å². The maximum atomic E-state index is 10.4. The second-order valence-corrected chi connectivity index (χ2v) is 3.37. The van der Waals surface area contributed by atoms with Crippen LogP contribution in [0.2, 0.25) is 0 Å². The summed E-state index contributed by atoms with van der Waals surface area (Å²) in [6.07, 6.45) is 2.54. The third-order valence-corrected chi connectivity index (χ3v) is 2.00. The highest BCUT2D eigenvalue weighted by Gasteiger charge is 2.10. The van der Waals surface area contributed by atoms with E-state index in [0.29, 0.717) is 18.5 Å². The summed E-state index contributed by atoms with van der Waals surface area (Å²) in [6.45, 7) is 6.59. The third-order valence-electron chi connectivity index (χ3n) is 2.00. The molecule has 0 amide bonds. The summed E-state index contributed by atoms with van der Waals surface area (Å²) < 4.78 is 0. The van der Waals surface area contributed by atoms with Gasteiger partial charge in [-0.15, -0.1) is 0 Å². The summed E-state index contributed by atoms with van der Waals surface area (Å²) >= 11 is 0. The second kappa shape index (κ2) is 7.00. The summed E-state index contributed by atoms with van der Waals surface area (Å²) in [5.74, 6) is -0.988. The van der Waals surface area contributed by atoms with Gasteiger partial charge < -0.3 is 15.7 Å². The van der Waals surface area contributed by atoms with Crippen molar-refractivity contribution in [1.82, 2.24) is 4.90 Å². The molecule has 0 aromatic carbocycles. The summed E-state index contributed by atoms with van der Waals surface area (Å²) in [5, 5.41) is 8.55. The number of aliphatic imine (C=N–C) groups is 1. The molecule has 0 bridgehead atoms. The first-order valence-corrected chi connectivity index (χ1v) is 4.88. The maximum absolute atomic E-state index is 10.4. The minimum atomic E-state index is -0.988. The molecule has 86 valence electrons. The lowest BCUT2D eigenvalue weighted by Gasteiger charge is -2.09. The van der Waals surface area contributed by atoms with Crippen LogP contribution in [0.15, 0.2) is 17.3 Å². The number of nitrogens with zero attached hydrogens (tertiary/aromatic N) is 2. The van der Waals surface area contributed by atoms with Crippen molar-refractivity contribution >= 4 is 12.3 Å². The van der Waals surface area contributed by atoms with Gasteiger partial charge in [0.15, 0.2) is 0 Å². The Balaban J connectivity index is 3.85. The predicted molar refractivity (Wildman–Crippen MR) is 60.8 cm³/mol. The molecule has 0 saturated carbocycles. The van der Waals surface area contributed by atoms with Crippen LogP contribution in [-0.4, -0.2) is 41.9 Å². The number of hydrogen-bond donors (Lipinski definition) is 2. The van der Waals surface area contributed by atoms with Gasteiger partial charge in [0.2, 0.25) is 0 Å². The number of nitrogens with two attached hydrogens (primary N) is 1. The number of carbonyl (C=O) groups is 1. The molecule has 0 aromatic heterocycles. The topological polar surface area (TPSA) is 78.9 Å². The first kappa shape index (κ1) is 13.6. The fraction of sp³-hybridized carbons (Fsp3) is 0.600. The van der Waals surface area contributed by atoms with Gasteiger partial charge in [-0.25, -0.2) is 4.99 Å². The van der Waals surface area contributed by atoms with Crippen molar-refractivity contribution in [2.75, 3.05) is 13.6 Å². The van der Waals surface area contributed by atoms with Crippen molar-refractivity contribution in [2.24, 2.45) is 10.7 Å². The largest absolute Gasteiger partial charge is 0.480 e. The van der Waals surface area contributed by atoms with Gasteiger partial charge in [0.25, 0.3) is 0 Å². The molecule has 5 nitrogen and oxygen atoms in total. The summed E-state index contributed by atoms with van der Waals surface area (Å²) in [5.41, 5.74) is 5.99. The fourth-order valence-corrected chi connectivity index (χ4v) is 0.772. The molecule has 0 aliphatic carbocycles. The van der Waals surface area contributed by atoms with Crippen LogP contribution >= 0.6 is 0 Å². The minimum Gasteiger partial charge on any atom is -0.480 e. The molecule has 15 heavy (non-hydrogen) atoms. The van der Waals surface area contributed by atoms with Gasteiger partial charge >= 0.3 is 5.97 Å². The Hall–Kier alpha value is -1.36. The quantitative estimate of drug-likeness (QED) is 0.481. The van der Waals surface area contributed by atoms with Crippen molar-refractivity contribution in [2.45, 2.75) is 25.8 Å². The van der Waals surface area contributed by atoms with Crippen molar-refractivity contribution in [1.29, 1.82) is 0 Å². The molecule has 0 fully saturated rings. The van der Waals surface area contributed by atoms with Crippen LogP contribution in [-0.2, 0) is 4.79 Å². The second-order valence-electron chi connectivity index (χ2n) is 3.37. The molecule has 0 saturated heterocycles. The number of allylic oxidation sites excluding steroid dienone is 1. The SMILES string of the molecule is C=C(CCC(N)C(=O)O)N=CN(C)CC. The lowest BCUT2D eigenvalue weighted by atomic mass is 10.1. The van der Waals surface area contributed by atoms with Crippen molar-refractivity contribution in [3.63, 3.8) is 0 Å². The number of hydrogen-bond acceptors (Lipinski definition) is 3. The highest BCUT2D eigenvalue weighted by molar-refractivity contribution is 5.73. The molecular formula is C10H19N3O2. The zero-order chi connectivity index (χ0) is 11.8. The van der Waals surface area contributed by atoms with E-state index in [-0.39, 0.29) is 0 Å². The molecule has 0 aliphatic rings. The van der Waals surface area contributed by atoms with Crippen molar-refractivity contribution < 1.29 is 9.90 Å². The Morgan fingerprint density at radius 1 is 1.73 bits per heavy atom. The third kappa shape index (κ3) is 6.68. The highest BCUT2D eigenvalue weighted by Crippen LogP contribution is 2.05. The highest BCUT2D eigenvalue weighted by atomic mass is 16.4. The molecule has 0 rings (SSSR count). The number of aliphatic carboxylic acids is 1. The molecule has 0 spiro atoms. The Morgan fingerprint density at radius 2 is 2.33 bits per heavy atom. The van der Waals surface area contributed by atoms with Crippen LogP contribution in [0.3, 0.4) is 0 Å². The minimum absolute atomic E-state index is 0.362. The van der Waals surface area contributed by atoms with Gasteiger partial charge in [-0.05, 0) is 19.8 Å². The van der Waals surface area contributed by atoms with Gasteiger partial charge in [0, 0.05) is 19.3 Å². The van der Waals surface area contributed by atoms with E-state index >= 15 is 0 Å². The average Bonchev–Trinajstić information content (AvgIpc) is 2.21. The maximum Gasteiger partial charge on any atom is 0.320 e. The van der Waals surface area contributed by atoms with Crippen LogP contribution in [0, 0.1) is 0 Å². The van der Waals surface area contributed by atoms with Gasteiger partial charge in [0.1, 0.15) is 6.04 Å². The van der Waals surface area contributed by atoms with E-state index in [4.69, 9.17) is 10.8 Å². The standard InChI is InChI=1S/C10H19N3O2/c1-4-13(3)7-12-8(2)5-6-9(11)10(14)15/h7,9H,2,4-6,11H2,1,3H3,(H,14,15). The van der Waals surface area contributed by atoms with Crippen LogP contribution in [0.1, 0.15) is 19.8 Å². The smallest absolute Gasteiger partial charge is 0.320 e. The molecule has 0 aromatic rings. The van der Waals surface area contributed by atoms with Gasteiger partial charge in [-0.1, -0.05) is 6.58 Å². The van der Waals surface area contributed by atoms with E-state index in [1.807, 2.05) is 18.9 Å². The first-order valence-electron chi connectivity index (χ1n) is 4.88. The van der Waals surface area contributed by atoms with E-state index in [1.165, 1.54) is 0 Å². The van der Waals surface area contributed by atoms with E-state index in [0.717, 1.165) is 6.54 Å². The van der Waals surface area contributed by atoms with Gasteiger partial charge in [-0.3, -0.25) is 4.79 Å². The van der Waals surface area contributed by atoms with E-state index in [2.05, 4.69) is 11.6 Å². The van der Waals surface area contributed by atoms with Gasteiger partial charge in [-0.2, -0.15) is 0 Å². The molecular weight excluding hydrogens is 194 g/mol. The van der Waals surface area contributed by atoms with Gasteiger partial charge in [0.05, 0.1) is 6.34 Å². The van der Waals surface area contributed by atoms with Crippen LogP contribution in [0.25, 0.3) is 0 Å². The van der Waals surface area contributed by atoms with Crippen LogP contribution in [0.4, 0.5) is 0 Å². The Bertz CT molecular complexity index is 251. The summed E-state index contributed by atoms with van der Waals surface area (Å²) in [7, 11) is 1.90. The normalized spacial score (nSPS) is 12.7. The molecule has 5 heteroatoms. The van der Waals surface area contributed by atoms with Crippen molar-refractivity contribution in [3.05, 3.63) is 12.3 Å². The first-order chi connectivity index (χ1) is 6.97. The molecule has 1 unspecified atom stereocenters. The van der Waals surface area contributed by atoms with Crippen LogP contribution in [0.5, 0.6) is 0 Å². The van der Waals surface area contributed by atoms with E-state index in [1.54, 1.807) is 6.34 Å². The van der Waals surface area contributed by atoms with E-state index in [9.17, 15) is 4.79 Å². The zero-order valence-electron chi connectivity index (χ0n) is 9.31.